The van der Waals surface area contributed by atoms with Crippen LogP contribution >= 0.6 is 11.3 Å². The summed E-state index contributed by atoms with van der Waals surface area (Å²) in [6, 6.07) is 10.8. The summed E-state index contributed by atoms with van der Waals surface area (Å²) in [4.78, 5) is 17.6. The van der Waals surface area contributed by atoms with E-state index in [-0.39, 0.29) is 10.8 Å². The fourth-order valence-electron chi connectivity index (χ4n) is 2.55. The summed E-state index contributed by atoms with van der Waals surface area (Å²) >= 11 is 1.68. The zero-order valence-electron chi connectivity index (χ0n) is 13.6. The van der Waals surface area contributed by atoms with Crippen molar-refractivity contribution in [1.82, 2.24) is 10.0 Å². The van der Waals surface area contributed by atoms with Crippen molar-refractivity contribution in [2.75, 3.05) is 13.1 Å². The Balaban J connectivity index is 1.44. The van der Waals surface area contributed by atoms with E-state index in [1.54, 1.807) is 35.6 Å². The minimum absolute atomic E-state index is 0.0100. The zero-order valence-corrected chi connectivity index (χ0v) is 15.2. The van der Waals surface area contributed by atoms with Crippen LogP contribution in [0.1, 0.15) is 23.3 Å². The number of carbonyl (C=O) groups is 1. The monoisotopic (exact) mass is 377 g/mol. The summed E-state index contributed by atoms with van der Waals surface area (Å²) in [6.07, 6.45) is 1.78. The standard InChI is InChI=1S/C17H19N3O3S2/c21-16(18-11-9-13-5-4-12-24-13)8-3-10-19-17-14-6-1-2-7-15(14)25(22,23)20-17/h1-2,4-7,12H,3,8-11H2,(H,18,21)(H,19,20). The first-order valence-electron chi connectivity index (χ1n) is 8.02. The quantitative estimate of drug-likeness (QED) is 0.723. The molecule has 1 aromatic carbocycles. The normalized spacial score (nSPS) is 16.4. The summed E-state index contributed by atoms with van der Waals surface area (Å²) in [5.41, 5.74) is 0.586. The summed E-state index contributed by atoms with van der Waals surface area (Å²) in [6.45, 7) is 1.02. The molecular weight excluding hydrogens is 358 g/mol. The highest BCUT2D eigenvalue weighted by molar-refractivity contribution is 7.90. The van der Waals surface area contributed by atoms with E-state index in [9.17, 15) is 13.2 Å². The molecule has 0 bridgehead atoms. The van der Waals surface area contributed by atoms with Gasteiger partial charge in [0.2, 0.25) is 5.91 Å². The van der Waals surface area contributed by atoms with Gasteiger partial charge in [-0.05, 0) is 36.4 Å². The predicted octanol–water partition coefficient (Wildman–Crippen LogP) is 1.93. The van der Waals surface area contributed by atoms with E-state index in [1.165, 1.54) is 4.88 Å². The van der Waals surface area contributed by atoms with Crippen LogP contribution < -0.4 is 10.0 Å². The second-order valence-electron chi connectivity index (χ2n) is 5.61. The van der Waals surface area contributed by atoms with Gasteiger partial charge < -0.3 is 5.32 Å². The molecule has 1 aliphatic rings. The number of amidine groups is 1. The van der Waals surface area contributed by atoms with E-state index in [0.29, 0.717) is 37.3 Å². The lowest BCUT2D eigenvalue weighted by Gasteiger charge is -2.04. The summed E-state index contributed by atoms with van der Waals surface area (Å²) in [5.74, 6) is 0.345. The molecule has 132 valence electrons. The van der Waals surface area contributed by atoms with Crippen LogP contribution in [0.3, 0.4) is 0 Å². The van der Waals surface area contributed by atoms with Crippen molar-refractivity contribution < 1.29 is 13.2 Å². The van der Waals surface area contributed by atoms with Crippen LogP contribution in [0.2, 0.25) is 0 Å². The van der Waals surface area contributed by atoms with Gasteiger partial charge in [-0.1, -0.05) is 18.2 Å². The lowest BCUT2D eigenvalue weighted by atomic mass is 10.2. The van der Waals surface area contributed by atoms with E-state index < -0.39 is 10.0 Å². The highest BCUT2D eigenvalue weighted by Gasteiger charge is 2.29. The van der Waals surface area contributed by atoms with Gasteiger partial charge in [0.25, 0.3) is 10.0 Å². The topological polar surface area (TPSA) is 87.6 Å². The lowest BCUT2D eigenvalue weighted by Crippen LogP contribution is -2.25. The number of nitrogens with zero attached hydrogens (tertiary/aromatic N) is 1. The molecule has 0 unspecified atom stereocenters. The molecule has 0 saturated heterocycles. The highest BCUT2D eigenvalue weighted by atomic mass is 32.2. The Morgan fingerprint density at radius 1 is 1.20 bits per heavy atom. The van der Waals surface area contributed by atoms with Crippen molar-refractivity contribution in [3.8, 4) is 0 Å². The average molecular weight is 377 g/mol. The third-order valence-electron chi connectivity index (χ3n) is 3.77. The molecule has 0 fully saturated rings. The smallest absolute Gasteiger partial charge is 0.263 e. The number of fused-ring (bicyclic) bond motifs is 1. The van der Waals surface area contributed by atoms with Gasteiger partial charge in [-0.2, -0.15) is 0 Å². The number of hydrogen-bond acceptors (Lipinski definition) is 5. The Hall–Kier alpha value is -2.19. The van der Waals surface area contributed by atoms with Gasteiger partial charge in [-0.25, -0.2) is 8.42 Å². The van der Waals surface area contributed by atoms with Crippen LogP contribution in [0.4, 0.5) is 0 Å². The second-order valence-corrected chi connectivity index (χ2v) is 8.30. The SMILES string of the molecule is O=C(CCCN=C1NS(=O)(=O)c2ccccc21)NCCc1cccs1. The number of carbonyl (C=O) groups excluding carboxylic acids is 1. The number of rotatable bonds is 7. The molecule has 0 atom stereocenters. The molecule has 0 spiro atoms. The van der Waals surface area contributed by atoms with E-state index >= 15 is 0 Å². The van der Waals surface area contributed by atoms with Gasteiger partial charge in [-0.15, -0.1) is 11.3 Å². The summed E-state index contributed by atoms with van der Waals surface area (Å²) in [5, 5.41) is 4.91. The predicted molar refractivity (Wildman–Crippen MR) is 98.4 cm³/mol. The first-order chi connectivity index (χ1) is 12.1. The van der Waals surface area contributed by atoms with Gasteiger partial charge in [0.15, 0.2) is 0 Å². The van der Waals surface area contributed by atoms with Gasteiger partial charge in [0, 0.05) is 30.0 Å². The fraction of sp³-hybridized carbons (Fsp3) is 0.294. The molecule has 1 amide bonds. The number of thiophene rings is 1. The number of amides is 1. The molecule has 25 heavy (non-hydrogen) atoms. The molecule has 8 heteroatoms. The lowest BCUT2D eigenvalue weighted by molar-refractivity contribution is -0.121. The van der Waals surface area contributed by atoms with Crippen molar-refractivity contribution in [1.29, 1.82) is 0 Å². The number of sulfonamides is 1. The fourth-order valence-corrected chi connectivity index (χ4v) is 4.51. The molecule has 3 rings (SSSR count). The van der Waals surface area contributed by atoms with Crippen molar-refractivity contribution in [2.45, 2.75) is 24.2 Å². The maximum absolute atomic E-state index is 12.0. The van der Waals surface area contributed by atoms with E-state index in [2.05, 4.69) is 15.0 Å². The second kappa shape index (κ2) is 7.79. The largest absolute Gasteiger partial charge is 0.356 e. The Morgan fingerprint density at radius 3 is 2.84 bits per heavy atom. The highest BCUT2D eigenvalue weighted by Crippen LogP contribution is 2.22. The number of benzene rings is 1. The Labute approximate surface area is 151 Å². The van der Waals surface area contributed by atoms with Crippen LogP contribution in [-0.2, 0) is 21.2 Å². The Bertz CT molecular complexity index is 874. The van der Waals surface area contributed by atoms with Crippen LogP contribution in [0, 0.1) is 0 Å². The maximum atomic E-state index is 12.0. The first kappa shape index (κ1) is 17.6. The van der Waals surface area contributed by atoms with E-state index in [1.807, 2.05) is 17.5 Å². The summed E-state index contributed by atoms with van der Waals surface area (Å²) < 4.78 is 26.4. The third kappa shape index (κ3) is 4.46. The van der Waals surface area contributed by atoms with Crippen LogP contribution in [0.15, 0.2) is 51.7 Å². The molecule has 1 aromatic heterocycles. The molecule has 2 heterocycles. The maximum Gasteiger partial charge on any atom is 0.263 e. The van der Waals surface area contributed by atoms with Gasteiger partial charge in [0.1, 0.15) is 5.84 Å². The van der Waals surface area contributed by atoms with Crippen molar-refractivity contribution >= 4 is 33.1 Å². The van der Waals surface area contributed by atoms with Gasteiger partial charge >= 0.3 is 0 Å². The number of hydrogen-bond donors (Lipinski definition) is 2. The molecule has 0 aliphatic carbocycles. The number of nitrogens with one attached hydrogen (secondary N) is 2. The third-order valence-corrected chi connectivity index (χ3v) is 6.10. The Kier molecular flexibility index (Phi) is 5.50. The molecule has 2 N–H and O–H groups in total. The first-order valence-corrected chi connectivity index (χ1v) is 10.4. The number of aliphatic imine (C=N–C) groups is 1. The summed E-state index contributed by atoms with van der Waals surface area (Å²) in [7, 11) is -3.50. The van der Waals surface area contributed by atoms with Crippen molar-refractivity contribution in [3.05, 3.63) is 52.2 Å². The molecule has 1 aliphatic heterocycles. The van der Waals surface area contributed by atoms with Crippen LogP contribution in [0.25, 0.3) is 0 Å². The molecule has 2 aromatic rings. The van der Waals surface area contributed by atoms with Crippen molar-refractivity contribution in [2.24, 2.45) is 4.99 Å². The molecule has 0 saturated carbocycles. The van der Waals surface area contributed by atoms with Gasteiger partial charge in [0.05, 0.1) is 4.90 Å². The van der Waals surface area contributed by atoms with Crippen molar-refractivity contribution in [3.63, 3.8) is 0 Å². The zero-order chi connectivity index (χ0) is 17.7. The van der Waals surface area contributed by atoms with Crippen LogP contribution in [-0.4, -0.2) is 33.3 Å². The van der Waals surface area contributed by atoms with E-state index in [4.69, 9.17) is 0 Å². The minimum Gasteiger partial charge on any atom is -0.356 e. The van der Waals surface area contributed by atoms with E-state index in [0.717, 1.165) is 6.42 Å². The molecule has 0 radical (unpaired) electrons. The average Bonchev–Trinajstić information content (AvgIpc) is 3.19. The minimum atomic E-state index is -3.50. The molecule has 6 nitrogen and oxygen atoms in total. The molecular formula is C17H19N3O3S2. The van der Waals surface area contributed by atoms with Gasteiger partial charge in [-0.3, -0.25) is 14.5 Å². The Morgan fingerprint density at radius 2 is 2.04 bits per heavy atom. The van der Waals surface area contributed by atoms with Crippen LogP contribution in [0.5, 0.6) is 0 Å².